The van der Waals surface area contributed by atoms with Gasteiger partial charge >= 0.3 is 0 Å². The van der Waals surface area contributed by atoms with Gasteiger partial charge in [0.1, 0.15) is 5.75 Å². The Balaban J connectivity index is 1.24. The fourth-order valence-electron chi connectivity index (χ4n) is 4.10. The number of hydrogen-bond donors (Lipinski definition) is 1. The highest BCUT2D eigenvalue weighted by Crippen LogP contribution is 2.22. The number of anilines is 1. The molecule has 0 bridgehead atoms. The van der Waals surface area contributed by atoms with Crippen LogP contribution in [0.25, 0.3) is 5.82 Å². The van der Waals surface area contributed by atoms with Crippen LogP contribution in [0, 0.1) is 19.8 Å². The number of aryl methyl sites for hydroxylation is 2. The maximum absolute atomic E-state index is 12.6. The molecule has 8 heteroatoms. The van der Waals surface area contributed by atoms with Crippen molar-refractivity contribution in [3.05, 3.63) is 59.4 Å². The van der Waals surface area contributed by atoms with E-state index in [1.54, 1.807) is 11.8 Å². The van der Waals surface area contributed by atoms with Gasteiger partial charge in [0.25, 0.3) is 0 Å². The van der Waals surface area contributed by atoms with E-state index in [1.165, 1.54) is 5.56 Å². The number of nitrogens with zero attached hydrogens (tertiary/aromatic N) is 5. The lowest BCUT2D eigenvalue weighted by molar-refractivity contribution is -0.125. The normalized spacial score (nSPS) is 14.4. The standard InChI is InChI=1S/C24H30N6O2/c1-17-16-18(2)30(28-17)23-9-8-22(26-27-23)29-14-11-20(12-15-29)24(31)25-13-10-19-4-6-21(32-3)7-5-19/h4-9,16,20H,10-15H2,1-3H3,(H,25,31). The average Bonchev–Trinajstić information content (AvgIpc) is 3.17. The van der Waals surface area contributed by atoms with Gasteiger partial charge in [0, 0.05) is 31.2 Å². The molecule has 1 saturated heterocycles. The first-order valence-corrected chi connectivity index (χ1v) is 11.1. The van der Waals surface area contributed by atoms with Gasteiger partial charge in [0.2, 0.25) is 5.91 Å². The first kappa shape index (κ1) is 21.8. The lowest BCUT2D eigenvalue weighted by atomic mass is 9.96. The average molecular weight is 435 g/mol. The predicted octanol–water partition coefficient (Wildman–Crippen LogP) is 2.86. The number of rotatable bonds is 7. The summed E-state index contributed by atoms with van der Waals surface area (Å²) in [5.74, 6) is 2.59. The van der Waals surface area contributed by atoms with Gasteiger partial charge in [-0.2, -0.15) is 5.10 Å². The Hall–Kier alpha value is -3.42. The van der Waals surface area contributed by atoms with Crippen LogP contribution in [0.4, 0.5) is 5.82 Å². The van der Waals surface area contributed by atoms with Crippen LogP contribution in [-0.2, 0) is 11.2 Å². The fourth-order valence-corrected chi connectivity index (χ4v) is 4.10. The SMILES string of the molecule is COc1ccc(CCNC(=O)C2CCN(c3ccc(-n4nc(C)cc4C)nn3)CC2)cc1. The molecule has 0 radical (unpaired) electrons. The number of carbonyl (C=O) groups excluding carboxylic acids is 1. The van der Waals surface area contributed by atoms with E-state index in [4.69, 9.17) is 4.74 Å². The molecular formula is C24H30N6O2. The summed E-state index contributed by atoms with van der Waals surface area (Å²) in [6.07, 6.45) is 2.44. The molecule has 3 heterocycles. The zero-order valence-corrected chi connectivity index (χ0v) is 18.9. The molecule has 4 rings (SSSR count). The molecule has 1 aromatic carbocycles. The number of methoxy groups -OCH3 is 1. The van der Waals surface area contributed by atoms with Crippen molar-refractivity contribution in [1.29, 1.82) is 0 Å². The summed E-state index contributed by atoms with van der Waals surface area (Å²) in [7, 11) is 1.66. The third-order valence-corrected chi connectivity index (χ3v) is 5.92. The van der Waals surface area contributed by atoms with Crippen LogP contribution in [0.1, 0.15) is 29.8 Å². The van der Waals surface area contributed by atoms with Crippen LogP contribution >= 0.6 is 0 Å². The molecule has 1 N–H and O–H groups in total. The number of aromatic nitrogens is 4. The fraction of sp³-hybridized carbons (Fsp3) is 0.417. The van der Waals surface area contributed by atoms with Gasteiger partial charge in [-0.05, 0) is 69.0 Å². The van der Waals surface area contributed by atoms with E-state index in [-0.39, 0.29) is 11.8 Å². The molecule has 8 nitrogen and oxygen atoms in total. The Morgan fingerprint density at radius 1 is 1.06 bits per heavy atom. The van der Waals surface area contributed by atoms with Gasteiger partial charge in [-0.3, -0.25) is 4.79 Å². The zero-order chi connectivity index (χ0) is 22.5. The monoisotopic (exact) mass is 434 g/mol. The van der Waals surface area contributed by atoms with Crippen LogP contribution in [0.2, 0.25) is 0 Å². The number of hydrogen-bond acceptors (Lipinski definition) is 6. The third kappa shape index (κ3) is 5.07. The van der Waals surface area contributed by atoms with Crippen LogP contribution in [0.5, 0.6) is 5.75 Å². The van der Waals surface area contributed by atoms with Crippen molar-refractivity contribution in [2.75, 3.05) is 31.6 Å². The van der Waals surface area contributed by atoms with Gasteiger partial charge < -0.3 is 15.0 Å². The third-order valence-electron chi connectivity index (χ3n) is 5.92. The molecule has 32 heavy (non-hydrogen) atoms. The first-order chi connectivity index (χ1) is 15.5. The summed E-state index contributed by atoms with van der Waals surface area (Å²) >= 11 is 0. The van der Waals surface area contributed by atoms with E-state index in [2.05, 4.69) is 25.5 Å². The second kappa shape index (κ2) is 9.80. The quantitative estimate of drug-likeness (QED) is 0.616. The molecular weight excluding hydrogens is 404 g/mol. The van der Waals surface area contributed by atoms with E-state index in [9.17, 15) is 4.79 Å². The molecule has 168 valence electrons. The molecule has 0 atom stereocenters. The van der Waals surface area contributed by atoms with Crippen molar-refractivity contribution in [2.24, 2.45) is 5.92 Å². The molecule has 0 unspecified atom stereocenters. The van der Waals surface area contributed by atoms with Gasteiger partial charge in [-0.25, -0.2) is 4.68 Å². The Morgan fingerprint density at radius 2 is 1.75 bits per heavy atom. The first-order valence-electron chi connectivity index (χ1n) is 11.1. The maximum Gasteiger partial charge on any atom is 0.223 e. The summed E-state index contributed by atoms with van der Waals surface area (Å²) in [6.45, 7) is 6.20. The van der Waals surface area contributed by atoms with Crippen molar-refractivity contribution in [3.63, 3.8) is 0 Å². The van der Waals surface area contributed by atoms with Gasteiger partial charge in [-0.1, -0.05) is 12.1 Å². The van der Waals surface area contributed by atoms with Crippen molar-refractivity contribution in [2.45, 2.75) is 33.1 Å². The number of piperidine rings is 1. The van der Waals surface area contributed by atoms with E-state index in [0.29, 0.717) is 12.4 Å². The van der Waals surface area contributed by atoms with Gasteiger partial charge in [0.15, 0.2) is 11.6 Å². The lowest BCUT2D eigenvalue weighted by Gasteiger charge is -2.31. The molecule has 1 amide bonds. The van der Waals surface area contributed by atoms with Crippen molar-refractivity contribution in [1.82, 2.24) is 25.3 Å². The summed E-state index contributed by atoms with van der Waals surface area (Å²) < 4.78 is 6.98. The zero-order valence-electron chi connectivity index (χ0n) is 18.9. The number of amides is 1. The minimum absolute atomic E-state index is 0.0454. The number of nitrogens with one attached hydrogen (secondary N) is 1. The minimum atomic E-state index is 0.0454. The highest BCUT2D eigenvalue weighted by Gasteiger charge is 2.25. The van der Waals surface area contributed by atoms with Crippen LogP contribution in [-0.4, -0.2) is 52.6 Å². The predicted molar refractivity (Wildman–Crippen MR) is 123 cm³/mol. The largest absolute Gasteiger partial charge is 0.497 e. The molecule has 1 fully saturated rings. The van der Waals surface area contributed by atoms with Gasteiger partial charge in [-0.15, -0.1) is 10.2 Å². The van der Waals surface area contributed by atoms with E-state index >= 15 is 0 Å². The van der Waals surface area contributed by atoms with E-state index < -0.39 is 0 Å². The smallest absolute Gasteiger partial charge is 0.223 e. The molecule has 0 saturated carbocycles. The van der Waals surface area contributed by atoms with Crippen LogP contribution in [0.3, 0.4) is 0 Å². The van der Waals surface area contributed by atoms with E-state index in [1.807, 2.05) is 56.3 Å². The molecule has 0 spiro atoms. The van der Waals surface area contributed by atoms with Crippen molar-refractivity contribution >= 4 is 11.7 Å². The number of benzene rings is 1. The number of ether oxygens (including phenoxy) is 1. The second-order valence-electron chi connectivity index (χ2n) is 8.24. The van der Waals surface area contributed by atoms with E-state index in [0.717, 1.165) is 55.3 Å². The Kier molecular flexibility index (Phi) is 6.68. The second-order valence-corrected chi connectivity index (χ2v) is 8.24. The molecule has 1 aliphatic rings. The topological polar surface area (TPSA) is 85.2 Å². The van der Waals surface area contributed by atoms with Crippen molar-refractivity contribution < 1.29 is 9.53 Å². The Morgan fingerprint density at radius 3 is 2.34 bits per heavy atom. The summed E-state index contributed by atoms with van der Waals surface area (Å²) in [5, 5.41) is 16.3. The number of carbonyl (C=O) groups is 1. The minimum Gasteiger partial charge on any atom is -0.497 e. The summed E-state index contributed by atoms with van der Waals surface area (Å²) in [4.78, 5) is 14.8. The Bertz CT molecular complexity index is 1040. The van der Waals surface area contributed by atoms with Gasteiger partial charge in [0.05, 0.1) is 12.8 Å². The maximum atomic E-state index is 12.6. The van der Waals surface area contributed by atoms with Crippen LogP contribution < -0.4 is 15.0 Å². The highest BCUT2D eigenvalue weighted by atomic mass is 16.5. The highest BCUT2D eigenvalue weighted by molar-refractivity contribution is 5.79. The summed E-state index contributed by atoms with van der Waals surface area (Å²) in [6, 6.07) is 13.9. The molecule has 0 aliphatic carbocycles. The molecule has 3 aromatic rings. The molecule has 1 aliphatic heterocycles. The summed E-state index contributed by atoms with van der Waals surface area (Å²) in [5.41, 5.74) is 3.17. The Labute approximate surface area is 188 Å². The molecule has 2 aromatic heterocycles. The van der Waals surface area contributed by atoms with Crippen molar-refractivity contribution in [3.8, 4) is 11.6 Å². The lowest BCUT2D eigenvalue weighted by Crippen LogP contribution is -2.41. The van der Waals surface area contributed by atoms with Crippen LogP contribution in [0.15, 0.2) is 42.5 Å².